The van der Waals surface area contributed by atoms with Gasteiger partial charge in [-0.3, -0.25) is 19.3 Å². The molecule has 33 heavy (non-hydrogen) atoms. The molecule has 0 bridgehead atoms. The van der Waals surface area contributed by atoms with E-state index in [2.05, 4.69) is 5.32 Å². The van der Waals surface area contributed by atoms with E-state index in [4.69, 9.17) is 14.6 Å². The first-order valence-electron chi connectivity index (χ1n) is 9.87. The van der Waals surface area contributed by atoms with E-state index in [0.29, 0.717) is 11.3 Å². The van der Waals surface area contributed by atoms with E-state index >= 15 is 0 Å². The number of hydrogen-bond acceptors (Lipinski definition) is 7. The van der Waals surface area contributed by atoms with Crippen LogP contribution in [0.3, 0.4) is 0 Å². The summed E-state index contributed by atoms with van der Waals surface area (Å²) in [6.07, 6.45) is 0.420. The van der Waals surface area contributed by atoms with Crippen molar-refractivity contribution in [2.75, 3.05) is 19.0 Å². The number of carboxylic acid groups (broad SMARTS) is 1. The summed E-state index contributed by atoms with van der Waals surface area (Å²) in [7, 11) is 1.40. The minimum absolute atomic E-state index is 0.151. The molecule has 172 valence electrons. The Balaban J connectivity index is 1.72. The lowest BCUT2D eigenvalue weighted by atomic mass is 10.1. The van der Waals surface area contributed by atoms with Crippen molar-refractivity contribution in [3.63, 3.8) is 0 Å². The molecule has 1 unspecified atom stereocenters. The number of nitrogens with one attached hydrogen (secondary N) is 1. The maximum Gasteiger partial charge on any atom is 0.344 e. The van der Waals surface area contributed by atoms with Crippen molar-refractivity contribution < 1.29 is 33.8 Å². The van der Waals surface area contributed by atoms with Gasteiger partial charge < -0.3 is 19.9 Å². The van der Waals surface area contributed by atoms with Crippen molar-refractivity contribution in [3.05, 3.63) is 58.5 Å². The van der Waals surface area contributed by atoms with Crippen LogP contribution < -0.4 is 14.8 Å². The van der Waals surface area contributed by atoms with Gasteiger partial charge in [0.15, 0.2) is 17.6 Å². The first-order valence-corrected chi connectivity index (χ1v) is 10.7. The lowest BCUT2D eigenvalue weighted by molar-refractivity contribution is -0.144. The summed E-state index contributed by atoms with van der Waals surface area (Å²) in [5, 5.41) is 11.1. The Morgan fingerprint density at radius 3 is 2.61 bits per heavy atom. The van der Waals surface area contributed by atoms with E-state index in [-0.39, 0.29) is 16.4 Å². The molecule has 1 atom stereocenters. The number of thioether (sulfide) groups is 1. The maximum absolute atomic E-state index is 12.7. The van der Waals surface area contributed by atoms with Crippen molar-refractivity contribution in [2.24, 2.45) is 0 Å². The smallest absolute Gasteiger partial charge is 0.344 e. The molecule has 10 heteroatoms. The van der Waals surface area contributed by atoms with E-state index < -0.39 is 35.7 Å². The molecule has 2 N–H and O–H groups in total. The van der Waals surface area contributed by atoms with Gasteiger partial charge >= 0.3 is 5.97 Å². The summed E-state index contributed by atoms with van der Waals surface area (Å²) in [5.74, 6) is -1.69. The molecular formula is C23H22N2O7S. The Bertz CT molecular complexity index is 1150. The SMILES string of the molecule is COc1cc(/C=C2\SC(=O)N(CC(=O)Nc3cccc(C)c3)C2=O)ccc1OC(C)C(=O)O. The van der Waals surface area contributed by atoms with Crippen LogP contribution in [0.1, 0.15) is 18.1 Å². The molecular weight excluding hydrogens is 448 g/mol. The minimum atomic E-state index is -1.12. The maximum atomic E-state index is 12.7. The number of amides is 3. The number of carboxylic acids is 1. The van der Waals surface area contributed by atoms with E-state index in [9.17, 15) is 19.2 Å². The fraction of sp³-hybridized carbons (Fsp3) is 0.217. The third-order valence-electron chi connectivity index (χ3n) is 4.61. The van der Waals surface area contributed by atoms with Crippen molar-refractivity contribution in [3.8, 4) is 11.5 Å². The molecule has 0 aliphatic carbocycles. The van der Waals surface area contributed by atoms with Gasteiger partial charge in [0, 0.05) is 5.69 Å². The second kappa shape index (κ2) is 10.2. The van der Waals surface area contributed by atoms with Gasteiger partial charge in [-0.05, 0) is 67.1 Å². The van der Waals surface area contributed by atoms with Gasteiger partial charge in [0.25, 0.3) is 11.1 Å². The summed E-state index contributed by atoms with van der Waals surface area (Å²) in [6, 6.07) is 11.9. The number of aryl methyl sites for hydroxylation is 1. The summed E-state index contributed by atoms with van der Waals surface area (Å²) in [6.45, 7) is 2.87. The number of aliphatic carboxylic acids is 1. The van der Waals surface area contributed by atoms with Gasteiger partial charge in [-0.25, -0.2) is 4.79 Å². The number of nitrogens with zero attached hydrogens (tertiary/aromatic N) is 1. The zero-order valence-corrected chi connectivity index (χ0v) is 19.0. The molecule has 1 aliphatic heterocycles. The quantitative estimate of drug-likeness (QED) is 0.562. The van der Waals surface area contributed by atoms with Crippen LogP contribution in [0.4, 0.5) is 10.5 Å². The lowest BCUT2D eigenvalue weighted by Gasteiger charge is -2.14. The Morgan fingerprint density at radius 1 is 1.18 bits per heavy atom. The Kier molecular flexibility index (Phi) is 7.39. The highest BCUT2D eigenvalue weighted by atomic mass is 32.2. The predicted molar refractivity (Wildman–Crippen MR) is 123 cm³/mol. The largest absolute Gasteiger partial charge is 0.493 e. The van der Waals surface area contributed by atoms with Crippen molar-refractivity contribution in [1.29, 1.82) is 0 Å². The van der Waals surface area contributed by atoms with Gasteiger partial charge in [-0.15, -0.1) is 0 Å². The lowest BCUT2D eigenvalue weighted by Crippen LogP contribution is -2.36. The summed E-state index contributed by atoms with van der Waals surface area (Å²) in [5.41, 5.74) is 2.08. The highest BCUT2D eigenvalue weighted by molar-refractivity contribution is 8.18. The molecule has 3 rings (SSSR count). The number of benzene rings is 2. The van der Waals surface area contributed by atoms with Crippen LogP contribution in [-0.2, 0) is 14.4 Å². The summed E-state index contributed by atoms with van der Waals surface area (Å²) < 4.78 is 10.6. The molecule has 1 fully saturated rings. The predicted octanol–water partition coefficient (Wildman–Crippen LogP) is 3.53. The summed E-state index contributed by atoms with van der Waals surface area (Å²) >= 11 is 0.728. The molecule has 1 saturated heterocycles. The molecule has 1 heterocycles. The van der Waals surface area contributed by atoms with Crippen molar-refractivity contribution in [2.45, 2.75) is 20.0 Å². The monoisotopic (exact) mass is 470 g/mol. The molecule has 2 aromatic carbocycles. The van der Waals surface area contributed by atoms with Crippen LogP contribution in [0.15, 0.2) is 47.4 Å². The van der Waals surface area contributed by atoms with Crippen LogP contribution in [0, 0.1) is 6.92 Å². The molecule has 1 aliphatic rings. The zero-order valence-electron chi connectivity index (χ0n) is 18.2. The first kappa shape index (κ1) is 23.9. The van der Waals surface area contributed by atoms with Gasteiger partial charge in [0.1, 0.15) is 6.54 Å². The third kappa shape index (κ3) is 5.92. The topological polar surface area (TPSA) is 122 Å². The second-order valence-corrected chi connectivity index (χ2v) is 8.19. The molecule has 3 amide bonds. The van der Waals surface area contributed by atoms with Gasteiger partial charge in [-0.1, -0.05) is 18.2 Å². The average molecular weight is 471 g/mol. The fourth-order valence-corrected chi connectivity index (χ4v) is 3.81. The standard InChI is InChI=1S/C23H22N2O7S/c1-13-5-4-6-16(9-13)24-20(26)12-25-21(27)19(33-23(25)30)11-15-7-8-17(18(10-15)31-3)32-14(2)22(28)29/h4-11,14H,12H2,1-3H3,(H,24,26)(H,28,29)/b19-11-. The number of carbonyl (C=O) groups is 4. The van der Waals surface area contributed by atoms with Gasteiger partial charge in [0.05, 0.1) is 12.0 Å². The number of ether oxygens (including phenoxy) is 2. The van der Waals surface area contributed by atoms with Crippen LogP contribution in [-0.4, -0.2) is 52.8 Å². The number of methoxy groups -OCH3 is 1. The first-order chi connectivity index (χ1) is 15.7. The normalized spacial score (nSPS) is 15.5. The minimum Gasteiger partial charge on any atom is -0.493 e. The van der Waals surface area contributed by atoms with E-state index in [0.717, 1.165) is 22.2 Å². The highest BCUT2D eigenvalue weighted by Crippen LogP contribution is 2.34. The van der Waals surface area contributed by atoms with Crippen LogP contribution >= 0.6 is 11.8 Å². The average Bonchev–Trinajstić information content (AvgIpc) is 3.01. The van der Waals surface area contributed by atoms with E-state index in [1.165, 1.54) is 26.2 Å². The van der Waals surface area contributed by atoms with Crippen LogP contribution in [0.2, 0.25) is 0 Å². The third-order valence-corrected chi connectivity index (χ3v) is 5.52. The van der Waals surface area contributed by atoms with Crippen LogP contribution in [0.5, 0.6) is 11.5 Å². The van der Waals surface area contributed by atoms with Crippen molar-refractivity contribution in [1.82, 2.24) is 4.90 Å². The Morgan fingerprint density at radius 2 is 1.94 bits per heavy atom. The number of imide groups is 1. The fourth-order valence-electron chi connectivity index (χ4n) is 2.97. The summed E-state index contributed by atoms with van der Waals surface area (Å²) in [4.78, 5) is 49.4. The number of carbonyl (C=O) groups excluding carboxylic acids is 3. The number of hydrogen-bond donors (Lipinski definition) is 2. The number of anilines is 1. The van der Waals surface area contributed by atoms with Crippen molar-refractivity contribution >= 4 is 46.5 Å². The number of rotatable bonds is 8. The zero-order chi connectivity index (χ0) is 24.1. The van der Waals surface area contributed by atoms with E-state index in [1.807, 2.05) is 13.0 Å². The van der Waals surface area contributed by atoms with Gasteiger partial charge in [-0.2, -0.15) is 0 Å². The van der Waals surface area contributed by atoms with Crippen LogP contribution in [0.25, 0.3) is 6.08 Å². The molecule has 0 radical (unpaired) electrons. The Hall–Kier alpha value is -3.79. The molecule has 2 aromatic rings. The highest BCUT2D eigenvalue weighted by Gasteiger charge is 2.36. The van der Waals surface area contributed by atoms with Gasteiger partial charge in [0.2, 0.25) is 5.91 Å². The van der Waals surface area contributed by atoms with E-state index in [1.54, 1.807) is 30.3 Å². The second-order valence-electron chi connectivity index (χ2n) is 7.19. The Labute approximate surface area is 194 Å². The molecule has 0 aromatic heterocycles. The molecule has 9 nitrogen and oxygen atoms in total. The molecule has 0 saturated carbocycles. The molecule has 0 spiro atoms.